The molecule has 2 aromatic rings. The summed E-state index contributed by atoms with van der Waals surface area (Å²) in [4.78, 5) is 2.41. The number of likely N-dealkylation sites (N-methyl/N-ethyl adjacent to an activating group) is 1. The second-order valence-corrected chi connectivity index (χ2v) is 8.19. The topological polar surface area (TPSA) is 39.1 Å². The van der Waals surface area contributed by atoms with Crippen molar-refractivity contribution in [3.05, 3.63) is 64.2 Å². The molecule has 0 aliphatic heterocycles. The molecule has 3 nitrogen and oxygen atoms in total. The van der Waals surface area contributed by atoms with Crippen LogP contribution in [0.1, 0.15) is 23.6 Å². The van der Waals surface area contributed by atoms with E-state index in [1.54, 1.807) is 0 Å². The SMILES string of the molecule is CCSC(=N)Nc1ccc2c(c1)CC(N(C)Cc1cccc(Cl)c1)C2. The first-order valence-electron chi connectivity index (χ1n) is 8.60. The summed E-state index contributed by atoms with van der Waals surface area (Å²) in [5, 5.41) is 12.4. The average Bonchev–Trinajstić information content (AvgIpc) is 2.98. The van der Waals surface area contributed by atoms with Crippen LogP contribution in [0.25, 0.3) is 0 Å². The highest BCUT2D eigenvalue weighted by atomic mass is 35.5. The fraction of sp³-hybridized carbons (Fsp3) is 0.350. The van der Waals surface area contributed by atoms with Gasteiger partial charge in [-0.1, -0.05) is 48.5 Å². The Balaban J connectivity index is 1.63. The lowest BCUT2D eigenvalue weighted by atomic mass is 10.1. The van der Waals surface area contributed by atoms with Gasteiger partial charge < -0.3 is 5.32 Å². The van der Waals surface area contributed by atoms with Crippen molar-refractivity contribution in [2.24, 2.45) is 0 Å². The van der Waals surface area contributed by atoms with Crippen molar-refractivity contribution in [1.82, 2.24) is 4.90 Å². The quantitative estimate of drug-likeness (QED) is 0.569. The fourth-order valence-electron chi connectivity index (χ4n) is 3.35. The van der Waals surface area contributed by atoms with Crippen molar-refractivity contribution in [3.63, 3.8) is 0 Å². The normalized spacial score (nSPS) is 16.1. The smallest absolute Gasteiger partial charge is 0.158 e. The van der Waals surface area contributed by atoms with Gasteiger partial charge in [-0.2, -0.15) is 0 Å². The summed E-state index contributed by atoms with van der Waals surface area (Å²) >= 11 is 7.62. The summed E-state index contributed by atoms with van der Waals surface area (Å²) in [6, 6.07) is 15.1. The van der Waals surface area contributed by atoms with Gasteiger partial charge in [0.25, 0.3) is 0 Å². The van der Waals surface area contributed by atoms with Gasteiger partial charge in [-0.25, -0.2) is 0 Å². The van der Waals surface area contributed by atoms with Gasteiger partial charge >= 0.3 is 0 Å². The van der Waals surface area contributed by atoms with Crippen LogP contribution in [0.4, 0.5) is 5.69 Å². The molecule has 1 aliphatic rings. The van der Waals surface area contributed by atoms with Gasteiger partial charge in [0.1, 0.15) is 0 Å². The van der Waals surface area contributed by atoms with E-state index in [2.05, 4.69) is 48.5 Å². The molecule has 2 aromatic carbocycles. The largest absolute Gasteiger partial charge is 0.335 e. The monoisotopic (exact) mass is 373 g/mol. The molecule has 1 atom stereocenters. The van der Waals surface area contributed by atoms with Gasteiger partial charge in [-0.15, -0.1) is 0 Å². The highest BCUT2D eigenvalue weighted by molar-refractivity contribution is 8.14. The van der Waals surface area contributed by atoms with Crippen molar-refractivity contribution in [2.45, 2.75) is 32.4 Å². The van der Waals surface area contributed by atoms with Crippen LogP contribution in [0.5, 0.6) is 0 Å². The third-order valence-corrected chi connectivity index (χ3v) is 5.52. The highest BCUT2D eigenvalue weighted by Crippen LogP contribution is 2.29. The van der Waals surface area contributed by atoms with Crippen LogP contribution >= 0.6 is 23.4 Å². The predicted octanol–water partition coefficient (Wildman–Crippen LogP) is 5.04. The molecular weight excluding hydrogens is 350 g/mol. The number of nitrogens with zero attached hydrogens (tertiary/aromatic N) is 1. The number of halogens is 1. The molecule has 0 aromatic heterocycles. The Labute approximate surface area is 159 Å². The molecule has 1 unspecified atom stereocenters. The van der Waals surface area contributed by atoms with Crippen molar-refractivity contribution >= 4 is 34.2 Å². The van der Waals surface area contributed by atoms with E-state index >= 15 is 0 Å². The molecule has 5 heteroatoms. The molecule has 25 heavy (non-hydrogen) atoms. The van der Waals surface area contributed by atoms with Gasteiger partial charge in [-0.3, -0.25) is 10.3 Å². The summed E-state index contributed by atoms with van der Waals surface area (Å²) in [6.07, 6.45) is 2.13. The van der Waals surface area contributed by atoms with E-state index < -0.39 is 0 Å². The maximum atomic E-state index is 7.91. The lowest BCUT2D eigenvalue weighted by Gasteiger charge is -2.24. The molecule has 3 rings (SSSR count). The Kier molecular flexibility index (Phi) is 6.05. The second-order valence-electron chi connectivity index (χ2n) is 6.48. The minimum absolute atomic E-state index is 0.508. The van der Waals surface area contributed by atoms with E-state index in [1.165, 1.54) is 28.5 Å². The molecule has 0 bridgehead atoms. The molecular formula is C20H24ClN3S. The molecule has 0 saturated heterocycles. The van der Waals surface area contributed by atoms with E-state index in [0.717, 1.165) is 35.8 Å². The minimum Gasteiger partial charge on any atom is -0.335 e. The van der Waals surface area contributed by atoms with Crippen LogP contribution in [-0.2, 0) is 19.4 Å². The Bertz CT molecular complexity index is 762. The van der Waals surface area contributed by atoms with Crippen LogP contribution in [0.3, 0.4) is 0 Å². The summed E-state index contributed by atoms with van der Waals surface area (Å²) in [5.74, 6) is 0.910. The van der Waals surface area contributed by atoms with Crippen LogP contribution in [0.15, 0.2) is 42.5 Å². The van der Waals surface area contributed by atoms with Crippen LogP contribution in [-0.4, -0.2) is 28.9 Å². The number of hydrogen-bond acceptors (Lipinski definition) is 3. The first kappa shape index (κ1) is 18.3. The zero-order valence-corrected chi connectivity index (χ0v) is 16.3. The van der Waals surface area contributed by atoms with Gasteiger partial charge in [0.2, 0.25) is 0 Å². The summed E-state index contributed by atoms with van der Waals surface area (Å²) in [6.45, 7) is 2.96. The Morgan fingerprint density at radius 1 is 1.24 bits per heavy atom. The van der Waals surface area contributed by atoms with Crippen LogP contribution < -0.4 is 5.32 Å². The van der Waals surface area contributed by atoms with E-state index in [4.69, 9.17) is 17.0 Å². The Morgan fingerprint density at radius 3 is 2.80 bits per heavy atom. The van der Waals surface area contributed by atoms with Gasteiger partial charge in [0.05, 0.1) is 0 Å². The molecule has 0 saturated carbocycles. The summed E-state index contributed by atoms with van der Waals surface area (Å²) in [5.41, 5.74) is 5.08. The number of nitrogens with one attached hydrogen (secondary N) is 2. The molecule has 0 heterocycles. The molecule has 132 valence electrons. The fourth-order valence-corrected chi connectivity index (χ4v) is 4.04. The first-order valence-corrected chi connectivity index (χ1v) is 9.96. The molecule has 0 radical (unpaired) electrons. The first-order chi connectivity index (χ1) is 12.0. The number of thioether (sulfide) groups is 1. The van der Waals surface area contributed by atoms with E-state index in [9.17, 15) is 0 Å². The number of amidine groups is 1. The zero-order valence-electron chi connectivity index (χ0n) is 14.7. The van der Waals surface area contributed by atoms with Gasteiger partial charge in [0, 0.05) is 23.3 Å². The number of anilines is 1. The molecule has 0 amide bonds. The third-order valence-electron chi connectivity index (χ3n) is 4.61. The van der Waals surface area contributed by atoms with E-state index in [0.29, 0.717) is 11.2 Å². The van der Waals surface area contributed by atoms with E-state index in [-0.39, 0.29) is 0 Å². The Morgan fingerprint density at radius 2 is 2.04 bits per heavy atom. The molecule has 0 spiro atoms. The number of rotatable bonds is 5. The Hall–Kier alpha value is -1.49. The van der Waals surface area contributed by atoms with Crippen LogP contribution in [0.2, 0.25) is 5.02 Å². The number of hydrogen-bond donors (Lipinski definition) is 2. The van der Waals surface area contributed by atoms with Gasteiger partial charge in [0.15, 0.2) is 5.17 Å². The van der Waals surface area contributed by atoms with Crippen LogP contribution in [0, 0.1) is 5.41 Å². The predicted molar refractivity (Wildman–Crippen MR) is 110 cm³/mol. The standard InChI is InChI=1S/C20H24ClN3S/c1-3-25-20(22)23-18-8-7-15-11-19(12-16(15)10-18)24(2)13-14-5-4-6-17(21)9-14/h4-10,19H,3,11-13H2,1-2H3,(H2,22,23). The summed E-state index contributed by atoms with van der Waals surface area (Å²) in [7, 11) is 2.18. The maximum absolute atomic E-state index is 7.91. The van der Waals surface area contributed by atoms with E-state index in [1.807, 2.05) is 18.2 Å². The van der Waals surface area contributed by atoms with Crippen molar-refractivity contribution in [2.75, 3.05) is 18.1 Å². The zero-order chi connectivity index (χ0) is 17.8. The molecule has 0 fully saturated rings. The lowest BCUT2D eigenvalue weighted by Crippen LogP contribution is -2.31. The van der Waals surface area contributed by atoms with Gasteiger partial charge in [-0.05, 0) is 66.6 Å². The lowest BCUT2D eigenvalue weighted by molar-refractivity contribution is 0.241. The maximum Gasteiger partial charge on any atom is 0.158 e. The average molecular weight is 374 g/mol. The molecule has 2 N–H and O–H groups in total. The third kappa shape index (κ3) is 4.78. The highest BCUT2D eigenvalue weighted by Gasteiger charge is 2.25. The van der Waals surface area contributed by atoms with Crippen molar-refractivity contribution < 1.29 is 0 Å². The number of benzene rings is 2. The van der Waals surface area contributed by atoms with Crippen molar-refractivity contribution in [1.29, 1.82) is 5.41 Å². The molecule has 1 aliphatic carbocycles. The number of fused-ring (bicyclic) bond motifs is 1. The second kappa shape index (κ2) is 8.26. The van der Waals surface area contributed by atoms with Crippen molar-refractivity contribution in [3.8, 4) is 0 Å². The minimum atomic E-state index is 0.508. The summed E-state index contributed by atoms with van der Waals surface area (Å²) < 4.78 is 0.